The van der Waals surface area contributed by atoms with Crippen molar-refractivity contribution in [3.8, 4) is 6.07 Å². The summed E-state index contributed by atoms with van der Waals surface area (Å²) < 4.78 is 0. The fourth-order valence-corrected chi connectivity index (χ4v) is 2.12. The van der Waals surface area contributed by atoms with Crippen LogP contribution in [0.4, 0.5) is 0 Å². The van der Waals surface area contributed by atoms with Crippen LogP contribution < -0.4 is 0 Å². The molecule has 0 aromatic carbocycles. The summed E-state index contributed by atoms with van der Waals surface area (Å²) in [6, 6.07) is 2.07. The third-order valence-corrected chi connectivity index (χ3v) is 2.91. The molecule has 1 N–H and O–H groups in total. The molecule has 0 bridgehead atoms. The normalized spacial score (nSPS) is 35.9. The molecule has 0 aromatic rings. The van der Waals surface area contributed by atoms with Gasteiger partial charge in [-0.2, -0.15) is 5.26 Å². The molecule has 68 valence electrons. The number of hydrogen-bond donors (Lipinski definition) is 1. The average molecular weight is 167 g/mol. The van der Waals surface area contributed by atoms with Crippen LogP contribution in [-0.4, -0.2) is 10.7 Å². The first kappa shape index (κ1) is 9.54. The number of nitrogens with zero attached hydrogens (tertiary/aromatic N) is 1. The summed E-state index contributed by atoms with van der Waals surface area (Å²) in [7, 11) is 0. The molecule has 2 nitrogen and oxygen atoms in total. The molecule has 1 fully saturated rings. The van der Waals surface area contributed by atoms with E-state index in [-0.39, 0.29) is 0 Å². The van der Waals surface area contributed by atoms with Crippen molar-refractivity contribution in [1.29, 1.82) is 5.26 Å². The van der Waals surface area contributed by atoms with Crippen molar-refractivity contribution in [2.75, 3.05) is 0 Å². The van der Waals surface area contributed by atoms with E-state index in [1.807, 2.05) is 0 Å². The second-order valence-electron chi connectivity index (χ2n) is 3.93. The molecular formula is C10H17NO. The lowest BCUT2D eigenvalue weighted by Gasteiger charge is -2.34. The Morgan fingerprint density at radius 3 is 3.00 bits per heavy atom. The second-order valence-corrected chi connectivity index (χ2v) is 3.93. The maximum absolute atomic E-state index is 9.95. The molecule has 0 heterocycles. The zero-order valence-electron chi connectivity index (χ0n) is 7.71. The fourth-order valence-electron chi connectivity index (χ4n) is 2.12. The molecule has 1 aliphatic carbocycles. The van der Waals surface area contributed by atoms with Gasteiger partial charge in [-0.15, -0.1) is 0 Å². The van der Waals surface area contributed by atoms with Crippen molar-refractivity contribution in [2.45, 2.75) is 51.0 Å². The monoisotopic (exact) mass is 167 g/mol. The first-order valence-corrected chi connectivity index (χ1v) is 4.79. The topological polar surface area (TPSA) is 44.0 Å². The molecule has 2 heteroatoms. The van der Waals surface area contributed by atoms with Gasteiger partial charge in [0.2, 0.25) is 0 Å². The van der Waals surface area contributed by atoms with E-state index in [1.54, 1.807) is 0 Å². The molecular weight excluding hydrogens is 150 g/mol. The number of hydrogen-bond acceptors (Lipinski definition) is 2. The highest BCUT2D eigenvalue weighted by Crippen LogP contribution is 2.35. The lowest BCUT2D eigenvalue weighted by atomic mass is 9.76. The van der Waals surface area contributed by atoms with Gasteiger partial charge in [-0.25, -0.2) is 0 Å². The van der Waals surface area contributed by atoms with Crippen LogP contribution in [0.15, 0.2) is 0 Å². The molecule has 0 saturated heterocycles. The van der Waals surface area contributed by atoms with Crippen LogP contribution in [0.1, 0.15) is 45.4 Å². The summed E-state index contributed by atoms with van der Waals surface area (Å²) in [5, 5.41) is 18.5. The van der Waals surface area contributed by atoms with Gasteiger partial charge in [-0.05, 0) is 18.8 Å². The minimum Gasteiger partial charge on any atom is -0.389 e. The maximum atomic E-state index is 9.95. The van der Waals surface area contributed by atoms with Crippen LogP contribution in [0.5, 0.6) is 0 Å². The van der Waals surface area contributed by atoms with Gasteiger partial charge in [0, 0.05) is 0 Å². The van der Waals surface area contributed by atoms with Crippen LogP contribution in [-0.2, 0) is 0 Å². The second kappa shape index (κ2) is 3.91. The van der Waals surface area contributed by atoms with Crippen molar-refractivity contribution >= 4 is 0 Å². The highest BCUT2D eigenvalue weighted by molar-refractivity contribution is 4.92. The minimum absolute atomic E-state index is 0.309. The van der Waals surface area contributed by atoms with Crippen molar-refractivity contribution in [3.63, 3.8) is 0 Å². The molecule has 0 spiro atoms. The predicted molar refractivity (Wildman–Crippen MR) is 47.4 cm³/mol. The van der Waals surface area contributed by atoms with Crippen LogP contribution in [0.3, 0.4) is 0 Å². The van der Waals surface area contributed by atoms with E-state index in [9.17, 15) is 5.11 Å². The largest absolute Gasteiger partial charge is 0.389 e. The summed E-state index contributed by atoms with van der Waals surface area (Å²) in [4.78, 5) is 0. The van der Waals surface area contributed by atoms with E-state index in [2.05, 4.69) is 13.0 Å². The molecule has 1 rings (SSSR count). The van der Waals surface area contributed by atoms with Crippen LogP contribution >= 0.6 is 0 Å². The predicted octanol–water partition coefficient (Wildman–Crippen LogP) is 2.23. The summed E-state index contributed by atoms with van der Waals surface area (Å²) in [6.45, 7) is 2.16. The van der Waals surface area contributed by atoms with Crippen molar-refractivity contribution in [3.05, 3.63) is 0 Å². The lowest BCUT2D eigenvalue weighted by molar-refractivity contribution is -0.0124. The zero-order valence-corrected chi connectivity index (χ0v) is 7.71. The summed E-state index contributed by atoms with van der Waals surface area (Å²) in [5.74, 6) is 0.636. The van der Waals surface area contributed by atoms with Crippen molar-refractivity contribution in [1.82, 2.24) is 0 Å². The van der Waals surface area contributed by atoms with Gasteiger partial charge >= 0.3 is 0 Å². The van der Waals surface area contributed by atoms with Gasteiger partial charge in [-0.3, -0.25) is 0 Å². The van der Waals surface area contributed by atoms with Crippen LogP contribution in [0.2, 0.25) is 0 Å². The first-order chi connectivity index (χ1) is 5.70. The maximum Gasteiger partial charge on any atom is 0.0779 e. The van der Waals surface area contributed by atoms with Gasteiger partial charge in [0.05, 0.1) is 18.1 Å². The van der Waals surface area contributed by atoms with E-state index in [0.717, 1.165) is 25.7 Å². The first-order valence-electron chi connectivity index (χ1n) is 4.79. The highest BCUT2D eigenvalue weighted by Gasteiger charge is 2.33. The molecule has 12 heavy (non-hydrogen) atoms. The SMILES string of the molecule is CCC1CCCC(O)(CC#N)C1. The lowest BCUT2D eigenvalue weighted by Crippen LogP contribution is -2.34. The Balaban J connectivity index is 2.49. The quantitative estimate of drug-likeness (QED) is 0.685. The zero-order chi connectivity index (χ0) is 9.03. The standard InChI is InChI=1S/C10H17NO/c1-2-9-4-3-5-10(12,8-9)6-7-11/h9,12H,2-6,8H2,1H3. The fraction of sp³-hybridized carbons (Fsp3) is 0.900. The van der Waals surface area contributed by atoms with Crippen LogP contribution in [0.25, 0.3) is 0 Å². The molecule has 0 aliphatic heterocycles. The molecule has 1 saturated carbocycles. The van der Waals surface area contributed by atoms with Gasteiger partial charge in [0.25, 0.3) is 0 Å². The summed E-state index contributed by atoms with van der Waals surface area (Å²) in [5.41, 5.74) is -0.659. The highest BCUT2D eigenvalue weighted by atomic mass is 16.3. The summed E-state index contributed by atoms with van der Waals surface area (Å²) in [6.07, 6.45) is 5.40. The average Bonchev–Trinajstić information content (AvgIpc) is 2.04. The van der Waals surface area contributed by atoms with E-state index in [0.29, 0.717) is 12.3 Å². The number of aliphatic hydroxyl groups is 1. The third-order valence-electron chi connectivity index (χ3n) is 2.91. The Kier molecular flexibility index (Phi) is 3.11. The van der Waals surface area contributed by atoms with Gasteiger partial charge < -0.3 is 5.11 Å². The van der Waals surface area contributed by atoms with Gasteiger partial charge in [-0.1, -0.05) is 26.2 Å². The van der Waals surface area contributed by atoms with Crippen molar-refractivity contribution < 1.29 is 5.11 Å². The Hall–Kier alpha value is -0.550. The van der Waals surface area contributed by atoms with E-state index >= 15 is 0 Å². The van der Waals surface area contributed by atoms with E-state index < -0.39 is 5.60 Å². The minimum atomic E-state index is -0.659. The molecule has 2 unspecified atom stereocenters. The van der Waals surface area contributed by atoms with Gasteiger partial charge in [0.1, 0.15) is 0 Å². The molecule has 1 aliphatic rings. The van der Waals surface area contributed by atoms with E-state index in [4.69, 9.17) is 5.26 Å². The molecule has 0 radical (unpaired) electrons. The Morgan fingerprint density at radius 2 is 2.42 bits per heavy atom. The molecule has 0 aromatic heterocycles. The smallest absolute Gasteiger partial charge is 0.0779 e. The van der Waals surface area contributed by atoms with Crippen molar-refractivity contribution in [2.24, 2.45) is 5.92 Å². The van der Waals surface area contributed by atoms with Gasteiger partial charge in [0.15, 0.2) is 0 Å². The third kappa shape index (κ3) is 2.22. The Bertz CT molecular complexity index is 185. The Morgan fingerprint density at radius 1 is 1.67 bits per heavy atom. The van der Waals surface area contributed by atoms with Crippen LogP contribution in [0, 0.1) is 17.2 Å². The summed E-state index contributed by atoms with van der Waals surface area (Å²) >= 11 is 0. The number of rotatable bonds is 2. The van der Waals surface area contributed by atoms with E-state index in [1.165, 1.54) is 6.42 Å². The molecule has 0 amide bonds. The Labute approximate surface area is 74.2 Å². The number of nitriles is 1. The molecule has 2 atom stereocenters.